The summed E-state index contributed by atoms with van der Waals surface area (Å²) in [4.78, 5) is 69.2. The Balaban J connectivity index is 0.689. The molecule has 4 N–H and O–H groups in total. The Bertz CT molecular complexity index is 2580. The maximum atomic E-state index is 15.8. The third kappa shape index (κ3) is 8.88. The number of hydrogen-bond donors (Lipinski definition) is 3. The first-order valence-corrected chi connectivity index (χ1v) is 21.3. The molecular formula is C44H46ClFN10O7. The van der Waals surface area contributed by atoms with Crippen LogP contribution in [0.15, 0.2) is 67.1 Å². The second-order valence-electron chi connectivity index (χ2n) is 16.3. The molecule has 19 heteroatoms. The Labute approximate surface area is 366 Å². The molecule has 3 saturated heterocycles. The highest BCUT2D eigenvalue weighted by molar-refractivity contribution is 6.30. The van der Waals surface area contributed by atoms with Crippen molar-refractivity contribution in [2.75, 3.05) is 81.7 Å². The van der Waals surface area contributed by atoms with Crippen LogP contribution in [0.25, 0.3) is 16.8 Å². The molecule has 63 heavy (non-hydrogen) atoms. The van der Waals surface area contributed by atoms with E-state index in [4.69, 9.17) is 36.5 Å². The van der Waals surface area contributed by atoms with E-state index in [-0.39, 0.29) is 46.4 Å². The van der Waals surface area contributed by atoms with Gasteiger partial charge in [0.15, 0.2) is 0 Å². The van der Waals surface area contributed by atoms with Crippen molar-refractivity contribution in [2.24, 2.45) is 5.41 Å². The molecule has 17 nitrogen and oxygen atoms in total. The van der Waals surface area contributed by atoms with Gasteiger partial charge in [-0.3, -0.25) is 33.8 Å². The van der Waals surface area contributed by atoms with Crippen LogP contribution in [-0.2, 0) is 25.6 Å². The molecule has 3 aromatic heterocycles. The van der Waals surface area contributed by atoms with E-state index >= 15 is 4.39 Å². The van der Waals surface area contributed by atoms with Gasteiger partial charge in [-0.2, -0.15) is 0 Å². The van der Waals surface area contributed by atoms with Crippen LogP contribution in [0.2, 0.25) is 5.02 Å². The van der Waals surface area contributed by atoms with E-state index in [1.807, 2.05) is 10.5 Å². The number of nitrogens with zero attached hydrogens (tertiary/aromatic N) is 7. The number of rotatable bonds is 15. The van der Waals surface area contributed by atoms with Gasteiger partial charge in [-0.05, 0) is 72.7 Å². The quantitative estimate of drug-likeness (QED) is 0.100. The smallest absolute Gasteiger partial charge is 0.256 e. The summed E-state index contributed by atoms with van der Waals surface area (Å²) in [6, 6.07) is 12.0. The molecule has 7 heterocycles. The number of nitrogens with one attached hydrogen (secondary N) is 2. The number of imide groups is 1. The second-order valence-corrected chi connectivity index (χ2v) is 16.7. The number of piperidine rings is 2. The topological polar surface area (TPSA) is 199 Å². The van der Waals surface area contributed by atoms with Crippen LogP contribution in [0, 0.1) is 11.2 Å². The van der Waals surface area contributed by atoms with Crippen molar-refractivity contribution >= 4 is 58.3 Å². The van der Waals surface area contributed by atoms with Gasteiger partial charge in [0.25, 0.3) is 11.8 Å². The summed E-state index contributed by atoms with van der Waals surface area (Å²) in [5.41, 5.74) is 9.06. The lowest BCUT2D eigenvalue weighted by atomic mass is 9.72. The fourth-order valence-electron chi connectivity index (χ4n) is 8.88. The zero-order chi connectivity index (χ0) is 43.7. The van der Waals surface area contributed by atoms with Crippen molar-refractivity contribution in [1.82, 2.24) is 34.5 Å². The number of fused-ring (bicyclic) bond motifs is 2. The Morgan fingerprint density at radius 3 is 2.52 bits per heavy atom. The molecule has 4 aliphatic rings. The van der Waals surface area contributed by atoms with E-state index < -0.39 is 23.7 Å². The van der Waals surface area contributed by atoms with Gasteiger partial charge in [-0.15, -0.1) is 0 Å². The Hall–Kier alpha value is -6.21. The van der Waals surface area contributed by atoms with Crippen LogP contribution in [0.4, 0.5) is 22.0 Å². The molecule has 4 amide bonds. The van der Waals surface area contributed by atoms with Crippen LogP contribution in [0.5, 0.6) is 5.75 Å². The fourth-order valence-corrected chi connectivity index (χ4v) is 9.04. The Morgan fingerprint density at radius 1 is 0.952 bits per heavy atom. The normalized spacial score (nSPS) is 18.4. The van der Waals surface area contributed by atoms with Crippen LogP contribution in [0.3, 0.4) is 0 Å². The first-order valence-electron chi connectivity index (χ1n) is 20.9. The number of aromatic nitrogens is 4. The zero-order valence-electron chi connectivity index (χ0n) is 34.4. The van der Waals surface area contributed by atoms with Crippen LogP contribution >= 0.6 is 11.6 Å². The molecule has 0 radical (unpaired) electrons. The summed E-state index contributed by atoms with van der Waals surface area (Å²) in [7, 11) is 0. The van der Waals surface area contributed by atoms with Crippen molar-refractivity contribution in [1.29, 1.82) is 0 Å². The summed E-state index contributed by atoms with van der Waals surface area (Å²) >= 11 is 6.01. The van der Waals surface area contributed by atoms with Gasteiger partial charge in [0, 0.05) is 86.0 Å². The summed E-state index contributed by atoms with van der Waals surface area (Å²) in [6.07, 6.45) is 7.35. The van der Waals surface area contributed by atoms with E-state index in [0.29, 0.717) is 79.5 Å². The van der Waals surface area contributed by atoms with Gasteiger partial charge >= 0.3 is 0 Å². The van der Waals surface area contributed by atoms with Crippen molar-refractivity contribution in [3.63, 3.8) is 0 Å². The molecule has 5 aromatic rings. The number of pyridine rings is 1. The van der Waals surface area contributed by atoms with E-state index in [1.165, 1.54) is 35.4 Å². The largest absolute Gasteiger partial charge is 0.491 e. The molecule has 0 bridgehead atoms. The first-order chi connectivity index (χ1) is 30.5. The maximum Gasteiger partial charge on any atom is 0.256 e. The van der Waals surface area contributed by atoms with Crippen LogP contribution in [-0.4, -0.2) is 125 Å². The molecule has 1 unspecified atom stereocenters. The highest BCUT2D eigenvalue weighted by Gasteiger charge is 2.45. The number of ether oxygens (including phenoxy) is 3. The van der Waals surface area contributed by atoms with Crippen molar-refractivity contribution in [3.05, 3.63) is 94.7 Å². The minimum absolute atomic E-state index is 0.112. The van der Waals surface area contributed by atoms with Gasteiger partial charge in [0.1, 0.15) is 47.1 Å². The van der Waals surface area contributed by atoms with Crippen molar-refractivity contribution in [2.45, 2.75) is 38.3 Å². The Morgan fingerprint density at radius 2 is 1.75 bits per heavy atom. The minimum Gasteiger partial charge on any atom is -0.491 e. The molecule has 3 fully saturated rings. The molecule has 328 valence electrons. The second kappa shape index (κ2) is 17.9. The van der Waals surface area contributed by atoms with Gasteiger partial charge < -0.3 is 35.1 Å². The standard InChI is InChI=1S/C44H46ClFN10O7/c45-29-7-10-48-35(22-29)50-40(58)27-2-4-31(33(46)21-27)37-38-39(47)49-11-14-55(38)43(52-37)54-12-8-44(9-13-54)25-53(26-44)15-16-61-17-18-62-19-20-63-30-3-1-28-24-56(42(60)32(28)23-30)34-5-6-36(57)51-41(34)59/h1-4,7,10-11,14,21-23,34H,5-6,8-9,12-13,15-20,24-26H2,(H2,47,49)(H,48,50,58)(H,51,57,59). The van der Waals surface area contributed by atoms with Gasteiger partial charge in [0.05, 0.1) is 26.4 Å². The number of nitrogens with two attached hydrogens (primary N) is 1. The highest BCUT2D eigenvalue weighted by Crippen LogP contribution is 2.42. The van der Waals surface area contributed by atoms with E-state index in [1.54, 1.807) is 30.6 Å². The molecule has 4 aliphatic heterocycles. The number of carbonyl (C=O) groups excluding carboxylic acids is 4. The zero-order valence-corrected chi connectivity index (χ0v) is 35.1. The lowest BCUT2D eigenvalue weighted by Gasteiger charge is -2.54. The van der Waals surface area contributed by atoms with Crippen molar-refractivity contribution in [3.8, 4) is 17.0 Å². The average Bonchev–Trinajstić information content (AvgIpc) is 3.80. The van der Waals surface area contributed by atoms with E-state index in [0.717, 1.165) is 51.1 Å². The lowest BCUT2D eigenvalue weighted by molar-refractivity contribution is -0.136. The minimum atomic E-state index is -0.654. The predicted octanol–water partition coefficient (Wildman–Crippen LogP) is 4.19. The molecule has 1 spiro atoms. The molecule has 2 aromatic carbocycles. The summed E-state index contributed by atoms with van der Waals surface area (Å²) in [6.45, 7) is 6.84. The first kappa shape index (κ1) is 42.1. The fraction of sp³-hybridized carbons (Fsp3) is 0.386. The Kier molecular flexibility index (Phi) is 11.9. The number of benzene rings is 2. The lowest BCUT2D eigenvalue weighted by Crippen LogP contribution is -2.61. The van der Waals surface area contributed by atoms with Crippen LogP contribution in [0.1, 0.15) is 52.0 Å². The van der Waals surface area contributed by atoms with Crippen LogP contribution < -0.4 is 26.0 Å². The third-order valence-corrected chi connectivity index (χ3v) is 12.4. The number of hydrogen-bond acceptors (Lipinski definition) is 13. The number of amides is 4. The number of likely N-dealkylation sites (tertiary alicyclic amines) is 1. The van der Waals surface area contributed by atoms with Crippen molar-refractivity contribution < 1.29 is 37.8 Å². The van der Waals surface area contributed by atoms with Gasteiger partial charge in [-0.1, -0.05) is 17.7 Å². The number of nitrogen functional groups attached to an aromatic ring is 1. The SMILES string of the molecule is Nc1nccn2c(N3CCC4(CC3)CN(CCOCCOCCOc3ccc5c(c3)C(=O)N(C3CCC(=O)NC3=O)C5)C4)nc(-c3ccc(C(=O)Nc4cc(Cl)ccn4)cc3F)c12. The monoisotopic (exact) mass is 880 g/mol. The summed E-state index contributed by atoms with van der Waals surface area (Å²) < 4.78 is 35.0. The third-order valence-electron chi connectivity index (χ3n) is 12.2. The molecular weight excluding hydrogens is 835 g/mol. The maximum absolute atomic E-state index is 15.8. The number of carbonyl (C=O) groups is 4. The van der Waals surface area contributed by atoms with Gasteiger partial charge in [0.2, 0.25) is 17.8 Å². The molecule has 1 atom stereocenters. The summed E-state index contributed by atoms with van der Waals surface area (Å²) in [5, 5.41) is 5.37. The number of anilines is 3. The van der Waals surface area contributed by atoms with Gasteiger partial charge in [-0.25, -0.2) is 19.3 Å². The van der Waals surface area contributed by atoms with E-state index in [9.17, 15) is 19.2 Å². The van der Waals surface area contributed by atoms with E-state index in [2.05, 4.69) is 30.4 Å². The molecule has 9 rings (SSSR count). The highest BCUT2D eigenvalue weighted by atomic mass is 35.5. The predicted molar refractivity (Wildman–Crippen MR) is 230 cm³/mol. The number of imidazole rings is 1. The molecule has 0 aliphatic carbocycles. The number of halogens is 2. The average molecular weight is 881 g/mol. The summed E-state index contributed by atoms with van der Waals surface area (Å²) in [5.74, 6) is -0.455. The molecule has 0 saturated carbocycles.